The Bertz CT molecular complexity index is 1670. The number of carbonyl (C=O) groups is 10. The Balaban J connectivity index is 3.35. The zero-order valence-corrected chi connectivity index (χ0v) is 39.3. The number of nitrogens with zero attached hydrogens (tertiary/aromatic N) is 1. The van der Waals surface area contributed by atoms with E-state index in [2.05, 4.69) is 38.5 Å². The normalized spacial score (nSPS) is 16.3. The van der Waals surface area contributed by atoms with Gasteiger partial charge in [0.1, 0.15) is 41.4 Å². The fourth-order valence-electron chi connectivity index (χ4n) is 6.63. The number of rotatable bonds is 24. The van der Waals surface area contributed by atoms with Crippen LogP contribution in [0.5, 0.6) is 0 Å². The highest BCUT2D eigenvalue weighted by Crippen LogP contribution is 2.22. The molecule has 1 saturated heterocycles. The Labute approximate surface area is 372 Å². The highest BCUT2D eigenvalue weighted by atomic mass is 16.6. The van der Waals surface area contributed by atoms with Crippen molar-refractivity contribution in [2.24, 2.45) is 11.8 Å². The number of ketones is 1. The van der Waals surface area contributed by atoms with Crippen molar-refractivity contribution in [3.8, 4) is 0 Å². The first-order valence-electron chi connectivity index (χ1n) is 21.8. The number of amides is 7. The largest absolute Gasteiger partial charge is 0.460 e. The zero-order chi connectivity index (χ0) is 48.4. The lowest BCUT2D eigenvalue weighted by molar-refractivity contribution is -0.156. The molecule has 0 aromatic rings. The third-order valence-corrected chi connectivity index (χ3v) is 9.60. The number of ether oxygens (including phenoxy) is 2. The van der Waals surface area contributed by atoms with Gasteiger partial charge in [0.05, 0.1) is 6.04 Å². The lowest BCUT2D eigenvalue weighted by Crippen LogP contribution is -2.61. The standard InChI is InChI=1S/C44H73N7O12/c1-14-17-28(36(55)41(60)45-23-15-2)47-39(58)31-18-16-24-51(31)42(61)35(26(5)6)50-40(59)34(25(3)4)49-38(57)30(20-22-33(54)63-44(11,12)13)48-37(56)29(46-27(7)52)19-21-32(53)62-43(8,9)10/h15,25-26,28-31,34-35H,2,14,16-24H2,1,3-13H3,(H,45,60)(H,46,52)(H,47,58)(H,48,56)(H,49,57)(H,50,59)/t28?,29-,30-,31-,34-,35-/m0/s1. The number of Topliss-reactive ketones (excluding diaryl/α,β-unsaturated/α-hetero) is 1. The van der Waals surface area contributed by atoms with E-state index in [-0.39, 0.29) is 51.6 Å². The van der Waals surface area contributed by atoms with Crippen molar-refractivity contribution in [2.75, 3.05) is 13.1 Å². The van der Waals surface area contributed by atoms with E-state index in [0.29, 0.717) is 12.8 Å². The Morgan fingerprint density at radius 1 is 0.683 bits per heavy atom. The number of nitrogens with one attached hydrogen (secondary N) is 6. The van der Waals surface area contributed by atoms with Crippen LogP contribution in [0.25, 0.3) is 0 Å². The van der Waals surface area contributed by atoms with Crippen LogP contribution < -0.4 is 31.9 Å². The molecular weight excluding hydrogens is 819 g/mol. The van der Waals surface area contributed by atoms with Crippen LogP contribution in [0.15, 0.2) is 12.7 Å². The Hall–Kier alpha value is -5.36. The minimum atomic E-state index is -1.43. The molecule has 0 spiro atoms. The SMILES string of the molecule is C=CCNC(=O)C(=O)C(CCC)NC(=O)[C@@H]1CCCN1C(=O)[C@@H](NC(=O)[C@@H](NC(=O)[C@H](CCC(=O)OC(C)(C)C)NC(=O)[C@H](CCC(=O)OC(C)(C)C)NC(C)=O)C(C)C)C(C)C. The minimum absolute atomic E-state index is 0.0657. The van der Waals surface area contributed by atoms with Crippen LogP contribution in [0, 0.1) is 11.8 Å². The molecule has 0 aliphatic carbocycles. The van der Waals surface area contributed by atoms with Crippen LogP contribution in [-0.4, -0.2) is 125 Å². The van der Waals surface area contributed by atoms with E-state index in [1.807, 2.05) is 0 Å². The second kappa shape index (κ2) is 25.7. The summed E-state index contributed by atoms with van der Waals surface area (Å²) in [6, 6.07) is -7.24. The van der Waals surface area contributed by atoms with E-state index in [0.717, 1.165) is 0 Å². The third-order valence-electron chi connectivity index (χ3n) is 9.60. The van der Waals surface area contributed by atoms with Crippen molar-refractivity contribution in [2.45, 2.75) is 182 Å². The van der Waals surface area contributed by atoms with Crippen molar-refractivity contribution in [3.63, 3.8) is 0 Å². The van der Waals surface area contributed by atoms with E-state index in [1.165, 1.54) is 17.9 Å². The molecule has 0 saturated carbocycles. The van der Waals surface area contributed by atoms with Gasteiger partial charge in [-0.2, -0.15) is 0 Å². The number of likely N-dealkylation sites (tertiary alicyclic amines) is 1. The minimum Gasteiger partial charge on any atom is -0.460 e. The topological polar surface area (TPSA) is 265 Å². The Kier molecular flexibility index (Phi) is 22.7. The van der Waals surface area contributed by atoms with Crippen molar-refractivity contribution in [1.29, 1.82) is 0 Å². The summed E-state index contributed by atoms with van der Waals surface area (Å²) >= 11 is 0. The molecule has 19 nitrogen and oxygen atoms in total. The van der Waals surface area contributed by atoms with Crippen molar-refractivity contribution in [1.82, 2.24) is 36.8 Å². The molecule has 1 aliphatic heterocycles. The van der Waals surface area contributed by atoms with Crippen LogP contribution in [0.2, 0.25) is 0 Å². The molecule has 1 heterocycles. The molecule has 0 radical (unpaired) electrons. The van der Waals surface area contributed by atoms with Gasteiger partial charge in [-0.3, -0.25) is 47.9 Å². The van der Waals surface area contributed by atoms with Gasteiger partial charge in [0.2, 0.25) is 41.2 Å². The average Bonchev–Trinajstić information content (AvgIpc) is 3.66. The Morgan fingerprint density at radius 2 is 1.17 bits per heavy atom. The first-order chi connectivity index (χ1) is 29.1. The highest BCUT2D eigenvalue weighted by Gasteiger charge is 2.41. The lowest BCUT2D eigenvalue weighted by atomic mass is 9.98. The number of carbonyl (C=O) groups excluding carboxylic acids is 10. The van der Waals surface area contributed by atoms with Gasteiger partial charge >= 0.3 is 11.9 Å². The van der Waals surface area contributed by atoms with Gasteiger partial charge in [-0.25, -0.2) is 0 Å². The maximum Gasteiger partial charge on any atom is 0.306 e. The maximum atomic E-state index is 14.2. The molecule has 356 valence electrons. The maximum absolute atomic E-state index is 14.2. The predicted octanol–water partition coefficient (Wildman–Crippen LogP) is 1.65. The van der Waals surface area contributed by atoms with Gasteiger partial charge in [0.25, 0.3) is 5.91 Å². The lowest BCUT2D eigenvalue weighted by Gasteiger charge is -2.33. The summed E-state index contributed by atoms with van der Waals surface area (Å²) < 4.78 is 10.7. The van der Waals surface area contributed by atoms with E-state index in [1.54, 1.807) is 76.2 Å². The Morgan fingerprint density at radius 3 is 1.63 bits per heavy atom. The third kappa shape index (κ3) is 20.1. The van der Waals surface area contributed by atoms with Gasteiger partial charge < -0.3 is 46.3 Å². The molecule has 0 bridgehead atoms. The van der Waals surface area contributed by atoms with Crippen LogP contribution in [-0.2, 0) is 57.4 Å². The average molecular weight is 892 g/mol. The van der Waals surface area contributed by atoms with E-state index in [4.69, 9.17) is 9.47 Å². The van der Waals surface area contributed by atoms with Crippen LogP contribution >= 0.6 is 0 Å². The van der Waals surface area contributed by atoms with E-state index >= 15 is 0 Å². The smallest absolute Gasteiger partial charge is 0.306 e. The van der Waals surface area contributed by atoms with Crippen molar-refractivity contribution < 1.29 is 57.4 Å². The van der Waals surface area contributed by atoms with Gasteiger partial charge in [0, 0.05) is 32.9 Å². The number of esters is 2. The van der Waals surface area contributed by atoms with Crippen LogP contribution in [0.1, 0.15) is 134 Å². The fourth-order valence-corrected chi connectivity index (χ4v) is 6.63. The summed E-state index contributed by atoms with van der Waals surface area (Å²) in [7, 11) is 0. The number of hydrogen-bond donors (Lipinski definition) is 6. The number of hydrogen-bond acceptors (Lipinski definition) is 12. The van der Waals surface area contributed by atoms with Gasteiger partial charge in [-0.1, -0.05) is 47.1 Å². The van der Waals surface area contributed by atoms with Crippen LogP contribution in [0.3, 0.4) is 0 Å². The summed E-state index contributed by atoms with van der Waals surface area (Å²) in [5, 5.41) is 15.5. The first kappa shape index (κ1) is 55.7. The predicted molar refractivity (Wildman–Crippen MR) is 233 cm³/mol. The molecule has 1 rings (SSSR count). The van der Waals surface area contributed by atoms with Gasteiger partial charge in [-0.05, 0) is 85.5 Å². The van der Waals surface area contributed by atoms with Crippen molar-refractivity contribution >= 4 is 59.1 Å². The molecule has 1 fully saturated rings. The highest BCUT2D eigenvalue weighted by molar-refractivity contribution is 6.38. The molecule has 7 amide bonds. The molecule has 1 aliphatic rings. The summed E-state index contributed by atoms with van der Waals surface area (Å²) in [5.41, 5.74) is -1.64. The first-order valence-corrected chi connectivity index (χ1v) is 21.8. The summed E-state index contributed by atoms with van der Waals surface area (Å²) in [4.78, 5) is 133. The molecular formula is C44H73N7O12. The summed E-state index contributed by atoms with van der Waals surface area (Å²) in [6.45, 7) is 23.5. The second-order valence-corrected chi connectivity index (χ2v) is 18.4. The van der Waals surface area contributed by atoms with Crippen LogP contribution in [0.4, 0.5) is 0 Å². The molecule has 6 atom stereocenters. The zero-order valence-electron chi connectivity index (χ0n) is 39.3. The summed E-state index contributed by atoms with van der Waals surface area (Å²) in [5.74, 6) is -8.23. The quantitative estimate of drug-likeness (QED) is 0.0459. The summed E-state index contributed by atoms with van der Waals surface area (Å²) in [6.07, 6.45) is 1.82. The molecule has 63 heavy (non-hydrogen) atoms. The van der Waals surface area contributed by atoms with Gasteiger partial charge in [0.15, 0.2) is 0 Å². The van der Waals surface area contributed by atoms with E-state index in [9.17, 15) is 47.9 Å². The fraction of sp³-hybridized carbons (Fsp3) is 0.727. The van der Waals surface area contributed by atoms with E-state index < -0.39 is 118 Å². The molecule has 0 aromatic heterocycles. The van der Waals surface area contributed by atoms with Crippen molar-refractivity contribution in [3.05, 3.63) is 12.7 Å². The monoisotopic (exact) mass is 892 g/mol. The second-order valence-electron chi connectivity index (χ2n) is 18.4. The van der Waals surface area contributed by atoms with Gasteiger partial charge in [-0.15, -0.1) is 6.58 Å². The molecule has 0 aromatic carbocycles. The molecule has 6 N–H and O–H groups in total. The molecule has 19 heteroatoms. The molecule has 1 unspecified atom stereocenters.